The van der Waals surface area contributed by atoms with Crippen LogP contribution in [0.25, 0.3) is 11.2 Å². The highest BCUT2D eigenvalue weighted by molar-refractivity contribution is 7.99. The normalized spacial score (nSPS) is 14.5. The monoisotopic (exact) mass is 361 g/mol. The molecule has 10 heteroatoms. The van der Waals surface area contributed by atoms with Crippen molar-refractivity contribution in [1.82, 2.24) is 33.4 Å². The van der Waals surface area contributed by atoms with Crippen LogP contribution in [0.3, 0.4) is 0 Å². The fraction of sp³-hybridized carbons (Fsp3) is 0.533. The topological polar surface area (TPSA) is 92.5 Å². The van der Waals surface area contributed by atoms with Gasteiger partial charge >= 0.3 is 5.69 Å². The average molecular weight is 361 g/mol. The quantitative estimate of drug-likeness (QED) is 0.470. The van der Waals surface area contributed by atoms with Crippen LogP contribution in [-0.4, -0.2) is 39.2 Å². The second-order valence-electron chi connectivity index (χ2n) is 6.28. The van der Waals surface area contributed by atoms with Gasteiger partial charge in [0, 0.05) is 32.4 Å². The van der Waals surface area contributed by atoms with Crippen molar-refractivity contribution in [2.24, 2.45) is 14.1 Å². The predicted molar refractivity (Wildman–Crippen MR) is 93.8 cm³/mol. The number of aryl methyl sites for hydroxylation is 2. The number of hydrogen-bond acceptors (Lipinski definition) is 6. The summed E-state index contributed by atoms with van der Waals surface area (Å²) in [4.78, 5) is 29.2. The largest absolute Gasteiger partial charge is 0.332 e. The zero-order valence-corrected chi connectivity index (χ0v) is 14.9. The van der Waals surface area contributed by atoms with E-state index in [0.717, 1.165) is 10.9 Å². The van der Waals surface area contributed by atoms with Crippen LogP contribution in [0.15, 0.2) is 27.4 Å². The molecule has 0 saturated heterocycles. The van der Waals surface area contributed by atoms with Gasteiger partial charge < -0.3 is 9.13 Å². The summed E-state index contributed by atoms with van der Waals surface area (Å²) in [5.74, 6) is 0.768. The second-order valence-corrected chi connectivity index (χ2v) is 7.34. The van der Waals surface area contributed by atoms with Crippen LogP contribution in [0.5, 0.6) is 0 Å². The van der Waals surface area contributed by atoms with E-state index in [1.165, 1.54) is 22.0 Å². The highest BCUT2D eigenvalue weighted by atomic mass is 32.2. The third kappa shape index (κ3) is 2.80. The lowest BCUT2D eigenvalue weighted by atomic mass is 10.4. The first-order valence-corrected chi connectivity index (χ1v) is 9.19. The van der Waals surface area contributed by atoms with Crippen LogP contribution in [0.1, 0.15) is 25.3 Å². The molecule has 0 spiro atoms. The maximum atomic E-state index is 12.6. The van der Waals surface area contributed by atoms with Crippen molar-refractivity contribution < 1.29 is 0 Å². The van der Waals surface area contributed by atoms with Gasteiger partial charge in [0.2, 0.25) is 0 Å². The molecule has 25 heavy (non-hydrogen) atoms. The Balaban J connectivity index is 1.49. The van der Waals surface area contributed by atoms with E-state index in [0.29, 0.717) is 30.2 Å². The third-order valence-corrected chi connectivity index (χ3v) is 5.48. The Kier molecular flexibility index (Phi) is 3.98. The zero-order chi connectivity index (χ0) is 17.6. The third-order valence-electron chi connectivity index (χ3n) is 4.44. The van der Waals surface area contributed by atoms with Crippen molar-refractivity contribution in [3.05, 3.63) is 33.5 Å². The molecule has 0 aliphatic heterocycles. The van der Waals surface area contributed by atoms with Crippen molar-refractivity contribution in [2.75, 3.05) is 5.75 Å². The summed E-state index contributed by atoms with van der Waals surface area (Å²) in [6.45, 7) is 0.372. The first-order chi connectivity index (χ1) is 12.1. The van der Waals surface area contributed by atoms with Crippen LogP contribution in [0.4, 0.5) is 0 Å². The van der Waals surface area contributed by atoms with Gasteiger partial charge in [-0.3, -0.25) is 13.9 Å². The van der Waals surface area contributed by atoms with E-state index < -0.39 is 0 Å². The molecule has 132 valence electrons. The lowest BCUT2D eigenvalue weighted by Crippen LogP contribution is -2.39. The molecule has 3 aromatic rings. The number of fused-ring (bicyclic) bond motifs is 1. The number of aromatic nitrogens is 7. The van der Waals surface area contributed by atoms with Gasteiger partial charge in [-0.15, -0.1) is 10.2 Å². The number of thioether (sulfide) groups is 1. The fourth-order valence-corrected chi connectivity index (χ4v) is 3.82. The van der Waals surface area contributed by atoms with E-state index in [1.807, 2.05) is 0 Å². The fourth-order valence-electron chi connectivity index (χ4n) is 2.92. The number of rotatable bonds is 6. The predicted octanol–water partition coefficient (Wildman–Crippen LogP) is 0.542. The van der Waals surface area contributed by atoms with Crippen LogP contribution >= 0.6 is 11.8 Å². The van der Waals surface area contributed by atoms with Gasteiger partial charge in [0.1, 0.15) is 6.33 Å². The van der Waals surface area contributed by atoms with Crippen LogP contribution in [0.2, 0.25) is 0 Å². The van der Waals surface area contributed by atoms with Crippen molar-refractivity contribution in [1.29, 1.82) is 0 Å². The first kappa shape index (κ1) is 16.1. The summed E-state index contributed by atoms with van der Waals surface area (Å²) in [7, 11) is 3.40. The van der Waals surface area contributed by atoms with Crippen LogP contribution in [-0.2, 0) is 20.6 Å². The Morgan fingerprint density at radius 3 is 2.80 bits per heavy atom. The Labute approximate surface area is 147 Å². The van der Waals surface area contributed by atoms with Crippen molar-refractivity contribution in [2.45, 2.75) is 37.0 Å². The summed E-state index contributed by atoms with van der Waals surface area (Å²) < 4.78 is 6.47. The summed E-state index contributed by atoms with van der Waals surface area (Å²) in [5, 5.41) is 9.03. The number of imidazole rings is 1. The molecule has 1 saturated carbocycles. The summed E-state index contributed by atoms with van der Waals surface area (Å²) in [6, 6.07) is 0.541. The maximum Gasteiger partial charge on any atom is 0.332 e. The van der Waals surface area contributed by atoms with E-state index >= 15 is 0 Å². The number of hydrogen-bond donors (Lipinski definition) is 0. The van der Waals surface area contributed by atoms with Gasteiger partial charge in [-0.1, -0.05) is 11.8 Å². The van der Waals surface area contributed by atoms with Crippen molar-refractivity contribution in [3.63, 3.8) is 0 Å². The minimum Gasteiger partial charge on any atom is -0.328 e. The van der Waals surface area contributed by atoms with Gasteiger partial charge in [0.25, 0.3) is 5.56 Å². The van der Waals surface area contributed by atoms with Gasteiger partial charge in [-0.05, 0) is 19.3 Å². The van der Waals surface area contributed by atoms with Crippen LogP contribution in [0, 0.1) is 0 Å². The Morgan fingerprint density at radius 1 is 1.24 bits per heavy atom. The molecule has 0 bridgehead atoms. The molecule has 3 heterocycles. The van der Waals surface area contributed by atoms with Gasteiger partial charge in [0.05, 0.1) is 6.33 Å². The summed E-state index contributed by atoms with van der Waals surface area (Å²) in [6.07, 6.45) is 6.39. The molecule has 3 aromatic heterocycles. The van der Waals surface area contributed by atoms with E-state index in [-0.39, 0.29) is 11.2 Å². The smallest absolute Gasteiger partial charge is 0.328 e. The first-order valence-electron chi connectivity index (χ1n) is 8.21. The van der Waals surface area contributed by atoms with Crippen LogP contribution < -0.4 is 11.2 Å². The molecule has 0 atom stereocenters. The van der Waals surface area contributed by atoms with E-state index in [2.05, 4.69) is 19.7 Å². The second kappa shape index (κ2) is 6.17. The van der Waals surface area contributed by atoms with Gasteiger partial charge in [0.15, 0.2) is 16.3 Å². The molecule has 0 radical (unpaired) electrons. The minimum absolute atomic E-state index is 0.288. The molecule has 0 amide bonds. The van der Waals surface area contributed by atoms with E-state index in [1.54, 1.807) is 43.1 Å². The summed E-state index contributed by atoms with van der Waals surface area (Å²) in [5.41, 5.74) is 0.246. The van der Waals surface area contributed by atoms with Gasteiger partial charge in [-0.25, -0.2) is 9.78 Å². The Hall–Kier alpha value is -2.36. The van der Waals surface area contributed by atoms with E-state index in [4.69, 9.17) is 0 Å². The molecule has 4 rings (SSSR count). The van der Waals surface area contributed by atoms with Crippen molar-refractivity contribution in [3.8, 4) is 0 Å². The molecular weight excluding hydrogens is 342 g/mol. The maximum absolute atomic E-state index is 12.6. The van der Waals surface area contributed by atoms with Gasteiger partial charge in [-0.2, -0.15) is 0 Å². The highest BCUT2D eigenvalue weighted by Gasteiger charge is 2.26. The van der Waals surface area contributed by atoms with Crippen molar-refractivity contribution >= 4 is 22.9 Å². The Morgan fingerprint density at radius 2 is 2.04 bits per heavy atom. The van der Waals surface area contributed by atoms with E-state index in [9.17, 15) is 9.59 Å². The lowest BCUT2D eigenvalue weighted by molar-refractivity contribution is 0.593. The molecule has 9 nitrogen and oxygen atoms in total. The molecular formula is C15H19N7O2S. The number of nitrogens with zero attached hydrogens (tertiary/aromatic N) is 7. The molecule has 0 aromatic carbocycles. The average Bonchev–Trinajstić information content (AvgIpc) is 3.21. The minimum atomic E-state index is -0.331. The highest BCUT2D eigenvalue weighted by Crippen LogP contribution is 2.37. The SMILES string of the molecule is Cn1cnc2c1c(=O)n(CCCSc1nncn1C1CC1)c(=O)n2C. The summed E-state index contributed by atoms with van der Waals surface area (Å²) >= 11 is 1.61. The molecule has 1 aliphatic rings. The Bertz CT molecular complexity index is 1040. The molecule has 1 fully saturated rings. The standard InChI is InChI=1S/C15H19N7O2S/c1-19-8-16-12-11(19)13(23)21(15(24)20(12)2)6-3-7-25-14-18-17-9-22(14)10-4-5-10/h8-10H,3-7H2,1-2H3. The lowest BCUT2D eigenvalue weighted by Gasteiger charge is -2.08. The molecule has 0 unspecified atom stereocenters. The molecule has 0 N–H and O–H groups in total. The molecule has 1 aliphatic carbocycles. The zero-order valence-electron chi connectivity index (χ0n) is 14.1.